The number of Topliss-reactive ketones (excluding diaryl/α,β-unsaturated/α-hetero) is 1. The van der Waals surface area contributed by atoms with E-state index in [4.69, 9.17) is 9.47 Å². The molecule has 130 valence electrons. The van der Waals surface area contributed by atoms with Gasteiger partial charge in [-0.05, 0) is 17.7 Å². The second-order valence-electron chi connectivity index (χ2n) is 6.12. The van der Waals surface area contributed by atoms with E-state index in [1.807, 2.05) is 24.3 Å². The van der Waals surface area contributed by atoms with Crippen LogP contribution in [0.3, 0.4) is 0 Å². The highest BCUT2D eigenvalue weighted by Crippen LogP contribution is 2.36. The van der Waals surface area contributed by atoms with Crippen molar-refractivity contribution in [3.05, 3.63) is 29.8 Å². The van der Waals surface area contributed by atoms with Crippen LogP contribution in [-0.4, -0.2) is 37.4 Å². The quantitative estimate of drug-likeness (QED) is 0.831. The zero-order valence-corrected chi connectivity index (χ0v) is 14.2. The lowest BCUT2D eigenvalue weighted by molar-refractivity contribution is -0.144. The average molecular weight is 333 g/mol. The molecule has 0 saturated heterocycles. The summed E-state index contributed by atoms with van der Waals surface area (Å²) in [6.45, 7) is 2.90. The molecule has 6 heteroatoms. The number of ether oxygens (including phenoxy) is 2. The topological polar surface area (TPSA) is 81.7 Å². The molecule has 0 radical (unpaired) electrons. The first-order chi connectivity index (χ1) is 11.4. The molecule has 1 N–H and O–H groups in total. The van der Waals surface area contributed by atoms with Gasteiger partial charge in [-0.15, -0.1) is 0 Å². The van der Waals surface area contributed by atoms with Gasteiger partial charge in [-0.25, -0.2) is 0 Å². The van der Waals surface area contributed by atoms with Crippen molar-refractivity contribution in [3.8, 4) is 5.75 Å². The van der Waals surface area contributed by atoms with Crippen LogP contribution in [0.5, 0.6) is 5.75 Å². The van der Waals surface area contributed by atoms with Crippen molar-refractivity contribution < 1.29 is 23.9 Å². The smallest absolute Gasteiger partial charge is 0.302 e. The molecule has 1 aromatic rings. The number of ketones is 1. The van der Waals surface area contributed by atoms with E-state index in [0.29, 0.717) is 12.8 Å². The number of benzene rings is 1. The lowest BCUT2D eigenvalue weighted by atomic mass is 9.73. The molecule has 0 unspecified atom stereocenters. The first-order valence-corrected chi connectivity index (χ1v) is 7.96. The van der Waals surface area contributed by atoms with E-state index in [1.165, 1.54) is 13.8 Å². The molecule has 1 aromatic carbocycles. The highest BCUT2D eigenvalue weighted by molar-refractivity contribution is 5.82. The summed E-state index contributed by atoms with van der Waals surface area (Å²) in [6, 6.07) is 7.22. The molecule has 0 heterocycles. The SMILES string of the molecule is COc1ccc([C@H]2CC(=O)C[C@H](COC(C)=O)[C@@H]2NC(C)=O)cc1. The fourth-order valence-electron chi connectivity index (χ4n) is 3.22. The lowest BCUT2D eigenvalue weighted by Crippen LogP contribution is -2.49. The molecule has 0 aliphatic heterocycles. The van der Waals surface area contributed by atoms with E-state index in [-0.39, 0.29) is 36.2 Å². The molecule has 24 heavy (non-hydrogen) atoms. The van der Waals surface area contributed by atoms with Crippen molar-refractivity contribution in [2.24, 2.45) is 5.92 Å². The molecule has 0 bridgehead atoms. The van der Waals surface area contributed by atoms with Crippen LogP contribution in [-0.2, 0) is 19.1 Å². The van der Waals surface area contributed by atoms with Crippen molar-refractivity contribution in [1.29, 1.82) is 0 Å². The fraction of sp³-hybridized carbons (Fsp3) is 0.500. The van der Waals surface area contributed by atoms with E-state index < -0.39 is 5.97 Å². The first kappa shape index (κ1) is 18.0. The van der Waals surface area contributed by atoms with E-state index in [9.17, 15) is 14.4 Å². The largest absolute Gasteiger partial charge is 0.497 e. The molecule has 1 fully saturated rings. The Balaban J connectivity index is 2.27. The minimum Gasteiger partial charge on any atom is -0.497 e. The summed E-state index contributed by atoms with van der Waals surface area (Å²) in [5.74, 6) is -0.105. The van der Waals surface area contributed by atoms with Gasteiger partial charge in [0.1, 0.15) is 11.5 Å². The zero-order chi connectivity index (χ0) is 17.7. The molecule has 1 aliphatic rings. The van der Waals surface area contributed by atoms with Gasteiger partial charge in [0.2, 0.25) is 5.91 Å². The van der Waals surface area contributed by atoms with Crippen LogP contribution in [0.1, 0.15) is 38.2 Å². The monoisotopic (exact) mass is 333 g/mol. The van der Waals surface area contributed by atoms with Gasteiger partial charge in [-0.1, -0.05) is 12.1 Å². The molecule has 1 saturated carbocycles. The molecule has 3 atom stereocenters. The summed E-state index contributed by atoms with van der Waals surface area (Å²) in [5, 5.41) is 2.94. The number of hydrogen-bond acceptors (Lipinski definition) is 5. The van der Waals surface area contributed by atoms with Crippen LogP contribution in [0.25, 0.3) is 0 Å². The molecule has 1 amide bonds. The Kier molecular flexibility index (Phi) is 5.95. The third kappa shape index (κ3) is 4.57. The lowest BCUT2D eigenvalue weighted by Gasteiger charge is -2.37. The number of hydrogen-bond donors (Lipinski definition) is 1. The van der Waals surface area contributed by atoms with E-state index in [0.717, 1.165) is 11.3 Å². The molecule has 1 aliphatic carbocycles. The Bertz CT molecular complexity index is 610. The molecule has 2 rings (SSSR count). The summed E-state index contributed by atoms with van der Waals surface area (Å²) in [6.07, 6.45) is 0.652. The van der Waals surface area contributed by atoms with Crippen molar-refractivity contribution in [1.82, 2.24) is 5.32 Å². The summed E-state index contributed by atoms with van der Waals surface area (Å²) in [5.41, 5.74) is 0.954. The number of carbonyl (C=O) groups is 3. The first-order valence-electron chi connectivity index (χ1n) is 7.96. The van der Waals surface area contributed by atoms with Crippen LogP contribution in [0.4, 0.5) is 0 Å². The summed E-state index contributed by atoms with van der Waals surface area (Å²) < 4.78 is 10.3. The van der Waals surface area contributed by atoms with E-state index in [1.54, 1.807) is 7.11 Å². The predicted molar refractivity (Wildman–Crippen MR) is 87.7 cm³/mol. The van der Waals surface area contributed by atoms with Crippen LogP contribution < -0.4 is 10.1 Å². The number of esters is 1. The Morgan fingerprint density at radius 3 is 2.38 bits per heavy atom. The maximum atomic E-state index is 12.2. The Morgan fingerprint density at radius 1 is 1.17 bits per heavy atom. The average Bonchev–Trinajstić information content (AvgIpc) is 2.54. The second kappa shape index (κ2) is 7.95. The molecule has 6 nitrogen and oxygen atoms in total. The van der Waals surface area contributed by atoms with Gasteiger partial charge >= 0.3 is 5.97 Å². The van der Waals surface area contributed by atoms with Crippen molar-refractivity contribution in [2.45, 2.75) is 38.6 Å². The minimum absolute atomic E-state index is 0.106. The zero-order valence-electron chi connectivity index (χ0n) is 14.2. The van der Waals surface area contributed by atoms with Gasteiger partial charge < -0.3 is 14.8 Å². The number of rotatable bonds is 5. The fourth-order valence-corrected chi connectivity index (χ4v) is 3.22. The summed E-state index contributed by atoms with van der Waals surface area (Å²) in [7, 11) is 1.59. The second-order valence-corrected chi connectivity index (χ2v) is 6.12. The Morgan fingerprint density at radius 2 is 1.83 bits per heavy atom. The maximum Gasteiger partial charge on any atom is 0.302 e. The standard InChI is InChI=1S/C18H23NO5/c1-11(20)19-18-14(10-24-12(2)21)8-15(22)9-17(18)13-4-6-16(23-3)7-5-13/h4-7,14,17-18H,8-10H2,1-3H3,(H,19,20)/t14-,17-,18+/m1/s1. The summed E-state index contributed by atoms with van der Waals surface area (Å²) >= 11 is 0. The number of nitrogens with one attached hydrogen (secondary N) is 1. The van der Waals surface area contributed by atoms with E-state index >= 15 is 0 Å². The van der Waals surface area contributed by atoms with Crippen LogP contribution in [0, 0.1) is 5.92 Å². The van der Waals surface area contributed by atoms with Crippen LogP contribution in [0.2, 0.25) is 0 Å². The Labute approximate surface area is 141 Å². The van der Waals surface area contributed by atoms with E-state index in [2.05, 4.69) is 5.32 Å². The number of amides is 1. The maximum absolute atomic E-state index is 12.2. The van der Waals surface area contributed by atoms with Crippen LogP contribution >= 0.6 is 0 Å². The van der Waals surface area contributed by atoms with Gasteiger partial charge in [0.15, 0.2) is 0 Å². The van der Waals surface area contributed by atoms with Crippen molar-refractivity contribution >= 4 is 17.7 Å². The van der Waals surface area contributed by atoms with Gasteiger partial charge in [-0.2, -0.15) is 0 Å². The van der Waals surface area contributed by atoms with Gasteiger partial charge in [0.05, 0.1) is 13.7 Å². The predicted octanol–water partition coefficient (Wildman–Crippen LogP) is 1.83. The van der Waals surface area contributed by atoms with Crippen molar-refractivity contribution in [3.63, 3.8) is 0 Å². The third-order valence-corrected chi connectivity index (χ3v) is 4.29. The number of methoxy groups -OCH3 is 1. The highest BCUT2D eigenvalue weighted by atomic mass is 16.5. The van der Waals surface area contributed by atoms with Crippen molar-refractivity contribution in [2.75, 3.05) is 13.7 Å². The summed E-state index contributed by atoms with van der Waals surface area (Å²) in [4.78, 5) is 34.9. The molecule has 0 aromatic heterocycles. The third-order valence-electron chi connectivity index (χ3n) is 4.29. The minimum atomic E-state index is -0.393. The van der Waals surface area contributed by atoms with Gasteiger partial charge in [-0.3, -0.25) is 14.4 Å². The number of carbonyl (C=O) groups excluding carboxylic acids is 3. The molecule has 0 spiro atoms. The highest BCUT2D eigenvalue weighted by Gasteiger charge is 2.39. The molecular weight excluding hydrogens is 310 g/mol. The Hall–Kier alpha value is -2.37. The molecular formula is C18H23NO5. The van der Waals surface area contributed by atoms with Gasteiger partial charge in [0.25, 0.3) is 0 Å². The van der Waals surface area contributed by atoms with Gasteiger partial charge in [0, 0.05) is 44.6 Å². The van der Waals surface area contributed by atoms with Crippen LogP contribution in [0.15, 0.2) is 24.3 Å². The normalized spacial score (nSPS) is 23.5.